The Balaban J connectivity index is 1.91. The van der Waals surface area contributed by atoms with Crippen LogP contribution >= 0.6 is 0 Å². The van der Waals surface area contributed by atoms with Gasteiger partial charge in [-0.15, -0.1) is 0 Å². The van der Waals surface area contributed by atoms with Gasteiger partial charge in [-0.2, -0.15) is 0 Å². The van der Waals surface area contributed by atoms with Gasteiger partial charge in [-0.25, -0.2) is 18.4 Å². The van der Waals surface area contributed by atoms with E-state index in [0.717, 1.165) is 0 Å². The van der Waals surface area contributed by atoms with E-state index in [0.29, 0.717) is 11.1 Å². The third kappa shape index (κ3) is 3.32. The Labute approximate surface area is 142 Å². The number of aromatic nitrogens is 1. The fraction of sp³-hybridized carbons (Fsp3) is 0.125. The summed E-state index contributed by atoms with van der Waals surface area (Å²) in [6, 6.07) is 11.4. The molecule has 0 spiro atoms. The molecule has 1 amide bonds. The van der Waals surface area contributed by atoms with Crippen molar-refractivity contribution in [2.24, 2.45) is 5.14 Å². The first-order chi connectivity index (χ1) is 11.8. The van der Waals surface area contributed by atoms with Crippen LogP contribution in [0.1, 0.15) is 13.0 Å². The number of fused-ring (bicyclic) bond motifs is 1. The van der Waals surface area contributed by atoms with Crippen molar-refractivity contribution in [3.8, 4) is 0 Å². The molecule has 0 aliphatic heterocycles. The summed E-state index contributed by atoms with van der Waals surface area (Å²) in [6.07, 6.45) is 0. The molecule has 0 aliphatic carbocycles. The van der Waals surface area contributed by atoms with Crippen LogP contribution in [0.15, 0.2) is 62.6 Å². The molecule has 0 bridgehead atoms. The summed E-state index contributed by atoms with van der Waals surface area (Å²) in [5.74, 6) is -1.15. The zero-order valence-corrected chi connectivity index (χ0v) is 14.0. The van der Waals surface area contributed by atoms with Crippen LogP contribution in [0, 0.1) is 0 Å². The van der Waals surface area contributed by atoms with Crippen molar-refractivity contribution < 1.29 is 17.6 Å². The molecule has 0 aliphatic rings. The molecule has 1 atom stereocenters. The lowest BCUT2D eigenvalue weighted by Crippen LogP contribution is -2.29. The second-order valence-electron chi connectivity index (χ2n) is 5.44. The molecule has 25 heavy (non-hydrogen) atoms. The molecule has 3 rings (SSSR count). The van der Waals surface area contributed by atoms with Crippen LogP contribution < -0.4 is 16.2 Å². The quantitative estimate of drug-likeness (QED) is 0.727. The minimum absolute atomic E-state index is 0.121. The highest BCUT2D eigenvalue weighted by molar-refractivity contribution is 7.89. The van der Waals surface area contributed by atoms with Crippen LogP contribution in [-0.4, -0.2) is 18.9 Å². The monoisotopic (exact) mass is 361 g/mol. The highest BCUT2D eigenvalue weighted by atomic mass is 32.2. The van der Waals surface area contributed by atoms with Crippen molar-refractivity contribution in [1.29, 1.82) is 0 Å². The summed E-state index contributed by atoms with van der Waals surface area (Å²) in [7, 11) is -3.88. The summed E-state index contributed by atoms with van der Waals surface area (Å²) in [5, 5.41) is 7.65. The van der Waals surface area contributed by atoms with Crippen molar-refractivity contribution >= 4 is 32.7 Å². The first kappa shape index (κ1) is 16.9. The second kappa shape index (κ2) is 6.19. The number of hydrogen-bond donors (Lipinski definition) is 2. The van der Waals surface area contributed by atoms with E-state index in [1.807, 2.05) is 0 Å². The summed E-state index contributed by atoms with van der Waals surface area (Å²) >= 11 is 0. The molecule has 1 heterocycles. The Morgan fingerprint density at radius 2 is 1.92 bits per heavy atom. The summed E-state index contributed by atoms with van der Waals surface area (Å²) in [5.41, 5.74) is 1.13. The Kier molecular flexibility index (Phi) is 4.19. The van der Waals surface area contributed by atoms with Crippen molar-refractivity contribution in [2.75, 3.05) is 5.32 Å². The zero-order valence-electron chi connectivity index (χ0n) is 13.2. The minimum atomic E-state index is -3.88. The molecule has 1 unspecified atom stereocenters. The largest absolute Gasteiger partial charge is 0.420 e. The number of nitrogens with one attached hydrogen (secondary N) is 1. The maximum absolute atomic E-state index is 12.5. The van der Waals surface area contributed by atoms with E-state index in [1.165, 1.54) is 28.8 Å². The van der Waals surface area contributed by atoms with Gasteiger partial charge in [-0.05, 0) is 37.3 Å². The smallest absolute Gasteiger partial charge is 0.408 e. The SMILES string of the molecule is CC(C(=O)Nc1cccc(S(N)(=O)=O)c1)n1c(=O)oc2ccccc21. The minimum Gasteiger partial charge on any atom is -0.408 e. The van der Waals surface area contributed by atoms with Gasteiger partial charge >= 0.3 is 5.76 Å². The predicted molar refractivity (Wildman–Crippen MR) is 91.6 cm³/mol. The Morgan fingerprint density at radius 1 is 1.20 bits per heavy atom. The molecule has 3 aromatic rings. The predicted octanol–water partition coefficient (Wildman–Crippen LogP) is 1.44. The van der Waals surface area contributed by atoms with E-state index in [1.54, 1.807) is 31.2 Å². The Bertz CT molecular complexity index is 1110. The summed E-state index contributed by atoms with van der Waals surface area (Å²) in [4.78, 5) is 24.4. The number of anilines is 1. The number of nitrogens with zero attached hydrogens (tertiary/aromatic N) is 1. The van der Waals surface area contributed by atoms with Crippen molar-refractivity contribution in [3.63, 3.8) is 0 Å². The molecule has 0 saturated carbocycles. The van der Waals surface area contributed by atoms with Gasteiger partial charge in [-0.3, -0.25) is 9.36 Å². The van der Waals surface area contributed by atoms with Crippen LogP contribution in [0.25, 0.3) is 11.1 Å². The van der Waals surface area contributed by atoms with Crippen molar-refractivity contribution in [2.45, 2.75) is 17.9 Å². The number of amides is 1. The van der Waals surface area contributed by atoms with E-state index < -0.39 is 27.7 Å². The molecule has 3 N–H and O–H groups in total. The normalized spacial score (nSPS) is 12.9. The molecule has 9 heteroatoms. The van der Waals surface area contributed by atoms with E-state index in [9.17, 15) is 18.0 Å². The molecule has 130 valence electrons. The van der Waals surface area contributed by atoms with Gasteiger partial charge in [0.25, 0.3) is 0 Å². The molecule has 0 saturated heterocycles. The van der Waals surface area contributed by atoms with Gasteiger partial charge in [0.2, 0.25) is 15.9 Å². The van der Waals surface area contributed by atoms with Crippen LogP contribution in [0.5, 0.6) is 0 Å². The maximum atomic E-state index is 12.5. The van der Waals surface area contributed by atoms with Crippen LogP contribution in [0.4, 0.5) is 5.69 Å². The highest BCUT2D eigenvalue weighted by Crippen LogP contribution is 2.19. The van der Waals surface area contributed by atoms with Gasteiger partial charge in [0.15, 0.2) is 5.58 Å². The Morgan fingerprint density at radius 3 is 2.64 bits per heavy atom. The summed E-state index contributed by atoms with van der Waals surface area (Å²) in [6.45, 7) is 1.54. The number of benzene rings is 2. The number of carbonyl (C=O) groups is 1. The lowest BCUT2D eigenvalue weighted by Gasteiger charge is -2.13. The van der Waals surface area contributed by atoms with Gasteiger partial charge in [0.05, 0.1) is 10.4 Å². The summed E-state index contributed by atoms with van der Waals surface area (Å²) < 4.78 is 29.1. The lowest BCUT2D eigenvalue weighted by molar-refractivity contribution is -0.118. The number of rotatable bonds is 4. The average Bonchev–Trinajstić information content (AvgIpc) is 2.89. The lowest BCUT2D eigenvalue weighted by atomic mass is 10.2. The fourth-order valence-electron chi connectivity index (χ4n) is 2.47. The first-order valence-corrected chi connectivity index (χ1v) is 8.86. The highest BCUT2D eigenvalue weighted by Gasteiger charge is 2.21. The van der Waals surface area contributed by atoms with Gasteiger partial charge in [0, 0.05) is 5.69 Å². The van der Waals surface area contributed by atoms with Crippen LogP contribution in [0.2, 0.25) is 0 Å². The van der Waals surface area contributed by atoms with E-state index >= 15 is 0 Å². The third-order valence-corrected chi connectivity index (χ3v) is 4.63. The molecule has 0 fully saturated rings. The second-order valence-corrected chi connectivity index (χ2v) is 7.01. The standard InChI is InChI=1S/C16H15N3O5S/c1-10(19-13-7-2-3-8-14(13)24-16(19)21)15(20)18-11-5-4-6-12(9-11)25(17,22)23/h2-10H,1H3,(H,18,20)(H2,17,22,23). The Hall–Kier alpha value is -2.91. The fourth-order valence-corrected chi connectivity index (χ4v) is 3.03. The van der Waals surface area contributed by atoms with Gasteiger partial charge < -0.3 is 9.73 Å². The number of sulfonamides is 1. The number of oxazole rings is 1. The van der Waals surface area contributed by atoms with Crippen LogP contribution in [0.3, 0.4) is 0 Å². The zero-order chi connectivity index (χ0) is 18.2. The average molecular weight is 361 g/mol. The van der Waals surface area contributed by atoms with Gasteiger partial charge in [0.1, 0.15) is 6.04 Å². The molecular formula is C16H15N3O5S. The molecule has 0 radical (unpaired) electrons. The molecule has 8 nitrogen and oxygen atoms in total. The van der Waals surface area contributed by atoms with E-state index in [-0.39, 0.29) is 10.6 Å². The van der Waals surface area contributed by atoms with Crippen molar-refractivity contribution in [3.05, 3.63) is 59.1 Å². The van der Waals surface area contributed by atoms with E-state index in [2.05, 4.69) is 5.32 Å². The number of nitrogens with two attached hydrogens (primary N) is 1. The number of carbonyl (C=O) groups excluding carboxylic acids is 1. The number of hydrogen-bond acceptors (Lipinski definition) is 5. The molecule has 1 aromatic heterocycles. The third-order valence-electron chi connectivity index (χ3n) is 3.72. The van der Waals surface area contributed by atoms with Gasteiger partial charge in [-0.1, -0.05) is 18.2 Å². The molecular weight excluding hydrogens is 346 g/mol. The van der Waals surface area contributed by atoms with Crippen molar-refractivity contribution in [1.82, 2.24) is 4.57 Å². The maximum Gasteiger partial charge on any atom is 0.420 e. The number of para-hydroxylation sites is 2. The first-order valence-electron chi connectivity index (χ1n) is 7.31. The topological polar surface area (TPSA) is 124 Å². The van der Waals surface area contributed by atoms with E-state index in [4.69, 9.17) is 9.56 Å². The molecule has 2 aromatic carbocycles. The van der Waals surface area contributed by atoms with Crippen LogP contribution in [-0.2, 0) is 14.8 Å². The number of primary sulfonamides is 1.